The van der Waals surface area contributed by atoms with Crippen molar-refractivity contribution in [1.82, 2.24) is 4.98 Å². The van der Waals surface area contributed by atoms with Crippen LogP contribution in [0.4, 0.5) is 5.69 Å². The lowest BCUT2D eigenvalue weighted by Gasteiger charge is -2.02. The summed E-state index contributed by atoms with van der Waals surface area (Å²) >= 11 is 0. The number of rotatable bonds is 3. The van der Waals surface area contributed by atoms with E-state index in [9.17, 15) is 9.59 Å². The van der Waals surface area contributed by atoms with Crippen molar-refractivity contribution >= 4 is 33.7 Å². The highest BCUT2D eigenvalue weighted by Crippen LogP contribution is 2.26. The fourth-order valence-electron chi connectivity index (χ4n) is 2.59. The van der Waals surface area contributed by atoms with Crippen LogP contribution in [0.15, 0.2) is 56.1 Å². The van der Waals surface area contributed by atoms with Gasteiger partial charge in [0.15, 0.2) is 5.58 Å². The van der Waals surface area contributed by atoms with Gasteiger partial charge in [0.25, 0.3) is 0 Å². The number of oxazole rings is 1. The Morgan fingerprint density at radius 3 is 2.68 bits per heavy atom. The molecule has 0 saturated heterocycles. The lowest BCUT2D eigenvalue weighted by Crippen LogP contribution is -2.03. The number of hydrogen-bond donors (Lipinski definition) is 2. The maximum atomic E-state index is 12.3. The molecule has 0 atom stereocenters. The summed E-state index contributed by atoms with van der Waals surface area (Å²) in [4.78, 5) is 27.6. The SMILES string of the molecule is CNc1ccc2cc(-c3nc4cc(C(=O)O)ccc4o3)c(=O)oc2c1. The van der Waals surface area contributed by atoms with E-state index in [1.54, 1.807) is 19.2 Å². The lowest BCUT2D eigenvalue weighted by atomic mass is 10.1. The maximum Gasteiger partial charge on any atom is 0.349 e. The molecule has 0 aliphatic rings. The number of anilines is 1. The Morgan fingerprint density at radius 2 is 1.92 bits per heavy atom. The van der Waals surface area contributed by atoms with E-state index >= 15 is 0 Å². The highest BCUT2D eigenvalue weighted by atomic mass is 16.4. The largest absolute Gasteiger partial charge is 0.478 e. The molecule has 0 radical (unpaired) electrons. The van der Waals surface area contributed by atoms with E-state index in [0.29, 0.717) is 16.7 Å². The van der Waals surface area contributed by atoms with E-state index in [2.05, 4.69) is 10.3 Å². The minimum Gasteiger partial charge on any atom is -0.478 e. The monoisotopic (exact) mass is 336 g/mol. The zero-order valence-corrected chi connectivity index (χ0v) is 13.1. The number of aromatic nitrogens is 1. The Labute approximate surface area is 140 Å². The van der Waals surface area contributed by atoms with Crippen LogP contribution in [-0.2, 0) is 0 Å². The summed E-state index contributed by atoms with van der Waals surface area (Å²) in [5.41, 5.74) is 1.72. The third-order valence-electron chi connectivity index (χ3n) is 3.89. The number of fused-ring (bicyclic) bond motifs is 2. The first-order valence-corrected chi connectivity index (χ1v) is 7.45. The van der Waals surface area contributed by atoms with E-state index in [0.717, 1.165) is 11.1 Å². The van der Waals surface area contributed by atoms with Gasteiger partial charge < -0.3 is 19.3 Å². The molecule has 0 saturated carbocycles. The van der Waals surface area contributed by atoms with Crippen molar-refractivity contribution in [2.75, 3.05) is 12.4 Å². The van der Waals surface area contributed by atoms with Crippen molar-refractivity contribution in [3.8, 4) is 11.5 Å². The summed E-state index contributed by atoms with van der Waals surface area (Å²) in [6.07, 6.45) is 0. The zero-order chi connectivity index (χ0) is 17.6. The van der Waals surface area contributed by atoms with Gasteiger partial charge in [0.2, 0.25) is 5.89 Å². The van der Waals surface area contributed by atoms with Crippen molar-refractivity contribution in [1.29, 1.82) is 0 Å². The van der Waals surface area contributed by atoms with Gasteiger partial charge in [-0.15, -0.1) is 0 Å². The quantitative estimate of drug-likeness (QED) is 0.553. The minimum absolute atomic E-state index is 0.0888. The lowest BCUT2D eigenvalue weighted by molar-refractivity contribution is 0.0697. The molecular weight excluding hydrogens is 324 g/mol. The number of carbonyl (C=O) groups is 1. The summed E-state index contributed by atoms with van der Waals surface area (Å²) < 4.78 is 10.9. The Morgan fingerprint density at radius 1 is 1.08 bits per heavy atom. The number of hydrogen-bond acceptors (Lipinski definition) is 6. The summed E-state index contributed by atoms with van der Waals surface area (Å²) in [6.45, 7) is 0. The van der Waals surface area contributed by atoms with Crippen LogP contribution in [0.1, 0.15) is 10.4 Å². The van der Waals surface area contributed by atoms with Gasteiger partial charge in [-0.25, -0.2) is 14.6 Å². The first-order chi connectivity index (χ1) is 12.0. The number of carboxylic acid groups (broad SMARTS) is 1. The highest BCUT2D eigenvalue weighted by molar-refractivity contribution is 5.92. The molecule has 7 nitrogen and oxygen atoms in total. The highest BCUT2D eigenvalue weighted by Gasteiger charge is 2.16. The van der Waals surface area contributed by atoms with Crippen LogP contribution < -0.4 is 10.9 Å². The van der Waals surface area contributed by atoms with Gasteiger partial charge >= 0.3 is 11.6 Å². The predicted octanol–water partition coefficient (Wildman–Crippen LogP) is 3.34. The summed E-state index contributed by atoms with van der Waals surface area (Å²) in [7, 11) is 1.78. The van der Waals surface area contributed by atoms with E-state index in [4.69, 9.17) is 13.9 Å². The Kier molecular flexibility index (Phi) is 3.28. The molecule has 0 bridgehead atoms. The molecule has 124 valence electrons. The number of aromatic carboxylic acids is 1. The van der Waals surface area contributed by atoms with Gasteiger partial charge in [-0.1, -0.05) is 0 Å². The first-order valence-electron chi connectivity index (χ1n) is 7.45. The number of nitrogens with zero attached hydrogens (tertiary/aromatic N) is 1. The maximum absolute atomic E-state index is 12.3. The summed E-state index contributed by atoms with van der Waals surface area (Å²) in [5.74, 6) is -0.970. The molecular formula is C18H12N2O5. The van der Waals surface area contributed by atoms with Gasteiger partial charge in [0.05, 0.1) is 5.56 Å². The van der Waals surface area contributed by atoms with Crippen LogP contribution in [-0.4, -0.2) is 23.1 Å². The number of carboxylic acids is 1. The van der Waals surface area contributed by atoms with Crippen molar-refractivity contribution in [3.63, 3.8) is 0 Å². The molecule has 0 aliphatic heterocycles. The van der Waals surface area contributed by atoms with Crippen LogP contribution in [0.25, 0.3) is 33.5 Å². The fraction of sp³-hybridized carbons (Fsp3) is 0.0556. The molecule has 4 aromatic rings. The molecule has 25 heavy (non-hydrogen) atoms. The summed E-state index contributed by atoms with van der Waals surface area (Å²) in [5, 5.41) is 12.7. The van der Waals surface area contributed by atoms with Crippen molar-refractivity contribution in [2.24, 2.45) is 0 Å². The smallest absolute Gasteiger partial charge is 0.349 e. The topological polar surface area (TPSA) is 106 Å². The normalized spacial score (nSPS) is 11.1. The second-order valence-corrected chi connectivity index (χ2v) is 5.46. The van der Waals surface area contributed by atoms with Crippen molar-refractivity contribution < 1.29 is 18.7 Å². The van der Waals surface area contributed by atoms with Crippen molar-refractivity contribution in [3.05, 3.63) is 58.4 Å². The number of benzene rings is 2. The average molecular weight is 336 g/mol. The second-order valence-electron chi connectivity index (χ2n) is 5.46. The fourth-order valence-corrected chi connectivity index (χ4v) is 2.59. The Balaban J connectivity index is 1.88. The van der Waals surface area contributed by atoms with Crippen molar-refractivity contribution in [2.45, 2.75) is 0 Å². The van der Waals surface area contributed by atoms with E-state index in [1.807, 2.05) is 12.1 Å². The van der Waals surface area contributed by atoms with Gasteiger partial charge in [0, 0.05) is 24.2 Å². The predicted molar refractivity (Wildman–Crippen MR) is 92.0 cm³/mol. The van der Waals surface area contributed by atoms with E-state index < -0.39 is 11.6 Å². The van der Waals surface area contributed by atoms with Gasteiger partial charge in [-0.3, -0.25) is 0 Å². The van der Waals surface area contributed by atoms with E-state index in [1.165, 1.54) is 18.2 Å². The molecule has 2 aromatic carbocycles. The minimum atomic E-state index is -1.06. The number of nitrogens with one attached hydrogen (secondary N) is 1. The molecule has 2 aromatic heterocycles. The Bertz CT molecular complexity index is 1190. The van der Waals surface area contributed by atoms with Crippen LogP contribution in [0, 0.1) is 0 Å². The standard InChI is InChI=1S/C18H12N2O5/c1-19-11-4-2-9-6-12(18(23)25-15(9)8-11)16-20-13-7-10(17(21)22)3-5-14(13)24-16/h2-8,19H,1H3,(H,21,22). The molecule has 4 rings (SSSR count). The Hall–Kier alpha value is -3.61. The van der Waals surface area contributed by atoms with Gasteiger partial charge in [-0.05, 0) is 36.4 Å². The molecule has 2 N–H and O–H groups in total. The van der Waals surface area contributed by atoms with Crippen LogP contribution in [0.5, 0.6) is 0 Å². The molecule has 0 unspecified atom stereocenters. The van der Waals surface area contributed by atoms with E-state index in [-0.39, 0.29) is 17.0 Å². The average Bonchev–Trinajstić information content (AvgIpc) is 3.03. The molecule has 2 heterocycles. The summed E-state index contributed by atoms with van der Waals surface area (Å²) in [6, 6.07) is 11.4. The van der Waals surface area contributed by atoms with Crippen LogP contribution in [0.3, 0.4) is 0 Å². The van der Waals surface area contributed by atoms with Gasteiger partial charge in [-0.2, -0.15) is 0 Å². The first kappa shape index (κ1) is 14.9. The zero-order valence-electron chi connectivity index (χ0n) is 13.1. The molecule has 7 heteroatoms. The van der Waals surface area contributed by atoms with Crippen LogP contribution >= 0.6 is 0 Å². The van der Waals surface area contributed by atoms with Crippen LogP contribution in [0.2, 0.25) is 0 Å². The van der Waals surface area contributed by atoms with Gasteiger partial charge in [0.1, 0.15) is 16.7 Å². The molecule has 0 aliphatic carbocycles. The molecule has 0 spiro atoms. The third kappa shape index (κ3) is 2.51. The second kappa shape index (κ2) is 5.48. The molecule has 0 fully saturated rings. The third-order valence-corrected chi connectivity index (χ3v) is 3.89. The molecule has 0 amide bonds.